The van der Waals surface area contributed by atoms with Crippen LogP contribution in [0.3, 0.4) is 0 Å². The molecule has 0 bridgehead atoms. The molecule has 2 amide bonds. The van der Waals surface area contributed by atoms with Crippen LogP contribution in [-0.4, -0.2) is 17.9 Å². The van der Waals surface area contributed by atoms with Gasteiger partial charge in [0.25, 0.3) is 0 Å². The Labute approximate surface area is 169 Å². The summed E-state index contributed by atoms with van der Waals surface area (Å²) in [7, 11) is 0. The van der Waals surface area contributed by atoms with Crippen molar-refractivity contribution in [2.24, 2.45) is 0 Å². The fourth-order valence-corrected chi connectivity index (χ4v) is 4.00. The van der Waals surface area contributed by atoms with Crippen LogP contribution < -0.4 is 10.2 Å². The van der Waals surface area contributed by atoms with Gasteiger partial charge in [0.15, 0.2) is 0 Å². The van der Waals surface area contributed by atoms with Crippen molar-refractivity contribution in [3.63, 3.8) is 0 Å². The second kappa shape index (κ2) is 9.20. The average molecular weight is 403 g/mol. The molecule has 1 fully saturated rings. The van der Waals surface area contributed by atoms with Gasteiger partial charge < -0.3 is 5.32 Å². The highest BCUT2D eigenvalue weighted by Gasteiger charge is 2.33. The summed E-state index contributed by atoms with van der Waals surface area (Å²) in [6.45, 7) is 1.36. The highest BCUT2D eigenvalue weighted by atomic mass is 35.5. The Hall–Kier alpha value is -2.40. The zero-order valence-corrected chi connectivity index (χ0v) is 16.6. The van der Waals surface area contributed by atoms with Crippen LogP contribution in [0.4, 0.5) is 10.1 Å². The number of carbonyl (C=O) groups excluding carboxylic acids is 2. The van der Waals surface area contributed by atoms with E-state index in [9.17, 15) is 14.0 Å². The maximum Gasteiger partial charge on any atom is 0.248 e. The van der Waals surface area contributed by atoms with Gasteiger partial charge in [-0.05, 0) is 37.1 Å². The largest absolute Gasteiger partial charge is 0.351 e. The Morgan fingerprint density at radius 1 is 1.11 bits per heavy atom. The topological polar surface area (TPSA) is 49.4 Å². The van der Waals surface area contributed by atoms with Gasteiger partial charge in [-0.25, -0.2) is 4.39 Å². The van der Waals surface area contributed by atoms with Crippen molar-refractivity contribution in [2.45, 2.75) is 51.1 Å². The third-order valence-electron chi connectivity index (χ3n) is 5.08. The van der Waals surface area contributed by atoms with Crippen molar-refractivity contribution in [1.29, 1.82) is 0 Å². The molecule has 1 aliphatic rings. The molecule has 0 radical (unpaired) electrons. The van der Waals surface area contributed by atoms with Crippen molar-refractivity contribution >= 4 is 29.1 Å². The third-order valence-corrected chi connectivity index (χ3v) is 5.43. The van der Waals surface area contributed by atoms with Crippen molar-refractivity contribution in [3.05, 3.63) is 64.9 Å². The van der Waals surface area contributed by atoms with E-state index >= 15 is 0 Å². The van der Waals surface area contributed by atoms with Gasteiger partial charge in [0.1, 0.15) is 11.9 Å². The molecule has 6 heteroatoms. The number of anilines is 1. The predicted molar refractivity (Wildman–Crippen MR) is 109 cm³/mol. The van der Waals surface area contributed by atoms with Crippen LogP contribution in [0.15, 0.2) is 48.5 Å². The first-order valence-electron chi connectivity index (χ1n) is 9.57. The summed E-state index contributed by atoms with van der Waals surface area (Å²) in [6.07, 6.45) is 5.15. The minimum atomic E-state index is -0.977. The molecule has 0 aliphatic heterocycles. The van der Waals surface area contributed by atoms with Crippen LogP contribution in [0.25, 0.3) is 0 Å². The summed E-state index contributed by atoms with van der Waals surface area (Å²) in [4.78, 5) is 27.2. The first kappa shape index (κ1) is 20.3. The molecule has 148 valence electrons. The molecule has 1 saturated carbocycles. The first-order chi connectivity index (χ1) is 13.5. The number of rotatable bonds is 5. The van der Waals surface area contributed by atoms with Gasteiger partial charge in [-0.3, -0.25) is 14.5 Å². The molecule has 1 N–H and O–H groups in total. The van der Waals surface area contributed by atoms with Crippen LogP contribution >= 0.6 is 11.6 Å². The molecule has 0 saturated heterocycles. The number of halogens is 2. The van der Waals surface area contributed by atoms with Gasteiger partial charge in [-0.1, -0.05) is 55.1 Å². The van der Waals surface area contributed by atoms with Crippen LogP contribution in [0, 0.1) is 5.82 Å². The lowest BCUT2D eigenvalue weighted by Crippen LogP contribution is -2.47. The number of carbonyl (C=O) groups is 2. The predicted octanol–water partition coefficient (Wildman–Crippen LogP) is 5.02. The average Bonchev–Trinajstić information content (AvgIpc) is 2.67. The Balaban J connectivity index is 2.02. The minimum Gasteiger partial charge on any atom is -0.351 e. The number of hydrogen-bond donors (Lipinski definition) is 1. The van der Waals surface area contributed by atoms with Crippen molar-refractivity contribution < 1.29 is 14.0 Å². The maximum atomic E-state index is 13.8. The fourth-order valence-electron chi connectivity index (χ4n) is 3.76. The van der Waals surface area contributed by atoms with E-state index in [1.54, 1.807) is 30.3 Å². The summed E-state index contributed by atoms with van der Waals surface area (Å²) < 4.78 is 13.8. The summed E-state index contributed by atoms with van der Waals surface area (Å²) >= 11 is 6.38. The lowest BCUT2D eigenvalue weighted by Gasteiger charge is -2.33. The van der Waals surface area contributed by atoms with Crippen LogP contribution in [0.5, 0.6) is 0 Å². The van der Waals surface area contributed by atoms with Gasteiger partial charge in [0, 0.05) is 29.2 Å². The van der Waals surface area contributed by atoms with E-state index in [1.165, 1.54) is 36.4 Å². The molecule has 2 aromatic rings. The van der Waals surface area contributed by atoms with Gasteiger partial charge in [-0.15, -0.1) is 0 Å². The van der Waals surface area contributed by atoms with E-state index in [-0.39, 0.29) is 17.9 Å². The molecule has 1 aliphatic carbocycles. The highest BCUT2D eigenvalue weighted by Crippen LogP contribution is 2.33. The Morgan fingerprint density at radius 2 is 1.82 bits per heavy atom. The lowest BCUT2D eigenvalue weighted by atomic mass is 9.94. The fraction of sp³-hybridized carbons (Fsp3) is 0.364. The summed E-state index contributed by atoms with van der Waals surface area (Å²) in [5.74, 6) is -1.15. The van der Waals surface area contributed by atoms with Crippen LogP contribution in [0.1, 0.15) is 50.6 Å². The van der Waals surface area contributed by atoms with E-state index in [0.29, 0.717) is 16.3 Å². The SMILES string of the molecule is CC(=O)N(c1cccc(F)c1)C(C(=O)NC1CCCCC1)c1ccccc1Cl. The molecule has 2 aromatic carbocycles. The van der Waals surface area contributed by atoms with Gasteiger partial charge in [-0.2, -0.15) is 0 Å². The zero-order valence-electron chi connectivity index (χ0n) is 15.8. The van der Waals surface area contributed by atoms with E-state index in [4.69, 9.17) is 11.6 Å². The highest BCUT2D eigenvalue weighted by molar-refractivity contribution is 6.31. The van der Waals surface area contributed by atoms with E-state index < -0.39 is 11.9 Å². The molecule has 0 heterocycles. The van der Waals surface area contributed by atoms with Gasteiger partial charge >= 0.3 is 0 Å². The number of hydrogen-bond acceptors (Lipinski definition) is 2. The molecule has 1 unspecified atom stereocenters. The van der Waals surface area contributed by atoms with Gasteiger partial charge in [0.05, 0.1) is 0 Å². The number of nitrogens with zero attached hydrogens (tertiary/aromatic N) is 1. The maximum absolute atomic E-state index is 13.8. The summed E-state index contributed by atoms with van der Waals surface area (Å²) in [5, 5.41) is 3.46. The zero-order chi connectivity index (χ0) is 20.1. The smallest absolute Gasteiger partial charge is 0.248 e. The van der Waals surface area contributed by atoms with E-state index in [2.05, 4.69) is 5.32 Å². The molecular weight excluding hydrogens is 379 g/mol. The lowest BCUT2D eigenvalue weighted by molar-refractivity contribution is -0.126. The molecule has 0 spiro atoms. The minimum absolute atomic E-state index is 0.0764. The van der Waals surface area contributed by atoms with Crippen molar-refractivity contribution in [2.75, 3.05) is 4.90 Å². The molecule has 3 rings (SSSR count). The van der Waals surface area contributed by atoms with Crippen molar-refractivity contribution in [1.82, 2.24) is 5.32 Å². The quantitative estimate of drug-likeness (QED) is 0.763. The second-order valence-electron chi connectivity index (χ2n) is 7.14. The molecule has 4 nitrogen and oxygen atoms in total. The number of nitrogens with one attached hydrogen (secondary N) is 1. The normalized spacial score (nSPS) is 15.7. The Morgan fingerprint density at radius 3 is 2.46 bits per heavy atom. The first-order valence-corrected chi connectivity index (χ1v) is 9.95. The second-order valence-corrected chi connectivity index (χ2v) is 7.54. The van der Waals surface area contributed by atoms with E-state index in [1.807, 2.05) is 0 Å². The van der Waals surface area contributed by atoms with Crippen LogP contribution in [-0.2, 0) is 9.59 Å². The standard InChI is InChI=1S/C22H24ClFN2O2/c1-15(27)26(18-11-7-8-16(24)14-18)21(19-12-5-6-13-20(19)23)22(28)25-17-9-3-2-4-10-17/h5-8,11-14,17,21H,2-4,9-10H2,1H3,(H,25,28). The van der Waals surface area contributed by atoms with Crippen molar-refractivity contribution in [3.8, 4) is 0 Å². The van der Waals surface area contributed by atoms with Crippen LogP contribution in [0.2, 0.25) is 5.02 Å². The monoisotopic (exact) mass is 402 g/mol. The van der Waals surface area contributed by atoms with E-state index in [0.717, 1.165) is 25.7 Å². The molecule has 0 aromatic heterocycles. The Bertz CT molecular complexity index is 852. The summed E-state index contributed by atoms with van der Waals surface area (Å²) in [6, 6.07) is 11.7. The van der Waals surface area contributed by atoms with Gasteiger partial charge in [0.2, 0.25) is 11.8 Å². The number of amides is 2. The third kappa shape index (κ3) is 4.71. The molecule has 28 heavy (non-hydrogen) atoms. The summed E-state index contributed by atoms with van der Waals surface area (Å²) in [5.41, 5.74) is 0.827. The Kier molecular flexibility index (Phi) is 6.68. The molecule has 1 atom stereocenters. The number of benzene rings is 2. The molecular formula is C22H24ClFN2O2.